The predicted octanol–water partition coefficient (Wildman–Crippen LogP) is 1.33. The second-order valence-corrected chi connectivity index (χ2v) is 5.12. The number of hydrogen-bond donors (Lipinski definition) is 2. The molecular formula is C15H19N3O2. The number of aliphatic hydroxyl groups is 1. The third-order valence-electron chi connectivity index (χ3n) is 3.15. The molecule has 106 valence electrons. The van der Waals surface area contributed by atoms with E-state index in [0.29, 0.717) is 6.54 Å². The summed E-state index contributed by atoms with van der Waals surface area (Å²) in [5.74, 6) is -0.192. The van der Waals surface area contributed by atoms with Crippen molar-refractivity contribution in [2.75, 3.05) is 0 Å². The number of hydrogen-bond acceptors (Lipinski definition) is 3. The second-order valence-electron chi connectivity index (χ2n) is 5.12. The number of aromatic nitrogens is 2. The molecule has 20 heavy (non-hydrogen) atoms. The molecular weight excluding hydrogens is 254 g/mol. The van der Waals surface area contributed by atoms with Gasteiger partial charge < -0.3 is 10.4 Å². The molecule has 5 heteroatoms. The minimum absolute atomic E-state index is 0.0251. The maximum atomic E-state index is 11.9. The minimum Gasteiger partial charge on any atom is -0.385 e. The van der Waals surface area contributed by atoms with E-state index in [-0.39, 0.29) is 12.3 Å². The Labute approximate surface area is 118 Å². The molecule has 0 aliphatic heterocycles. The molecule has 2 N–H and O–H groups in total. The molecule has 0 aliphatic rings. The van der Waals surface area contributed by atoms with Gasteiger partial charge in [-0.15, -0.1) is 0 Å². The summed E-state index contributed by atoms with van der Waals surface area (Å²) >= 11 is 0. The number of nitrogens with one attached hydrogen (secondary N) is 1. The van der Waals surface area contributed by atoms with Gasteiger partial charge in [0.15, 0.2) is 0 Å². The summed E-state index contributed by atoms with van der Waals surface area (Å²) in [6.45, 7) is 2.06. The second kappa shape index (κ2) is 5.88. The van der Waals surface area contributed by atoms with Crippen LogP contribution in [0.4, 0.5) is 0 Å². The number of benzene rings is 1. The lowest BCUT2D eigenvalue weighted by Crippen LogP contribution is -2.32. The van der Waals surface area contributed by atoms with Gasteiger partial charge in [0.2, 0.25) is 5.91 Å². The van der Waals surface area contributed by atoms with Gasteiger partial charge >= 0.3 is 0 Å². The molecule has 1 unspecified atom stereocenters. The van der Waals surface area contributed by atoms with Gasteiger partial charge in [0.05, 0.1) is 18.2 Å². The first kappa shape index (κ1) is 14.3. The third-order valence-corrected chi connectivity index (χ3v) is 3.15. The Morgan fingerprint density at radius 2 is 2.10 bits per heavy atom. The summed E-state index contributed by atoms with van der Waals surface area (Å²) in [6.07, 6.45) is 3.57. The number of amides is 1. The summed E-state index contributed by atoms with van der Waals surface area (Å²) in [5, 5.41) is 17.2. The van der Waals surface area contributed by atoms with Crippen LogP contribution < -0.4 is 5.32 Å². The lowest BCUT2D eigenvalue weighted by atomic mass is 9.92. The van der Waals surface area contributed by atoms with Crippen LogP contribution in [0.2, 0.25) is 0 Å². The molecule has 1 atom stereocenters. The molecule has 0 bridgehead atoms. The highest BCUT2D eigenvalue weighted by molar-refractivity contribution is 5.77. The Kier molecular flexibility index (Phi) is 4.20. The van der Waals surface area contributed by atoms with Crippen molar-refractivity contribution in [2.24, 2.45) is 7.05 Å². The molecule has 0 radical (unpaired) electrons. The SMILES string of the molecule is Cn1cc(CNC(=O)CC(C)(O)c2ccccc2)cn1. The van der Waals surface area contributed by atoms with E-state index in [4.69, 9.17) is 0 Å². The van der Waals surface area contributed by atoms with E-state index in [1.165, 1.54) is 0 Å². The molecule has 1 heterocycles. The smallest absolute Gasteiger partial charge is 0.223 e. The Bertz CT molecular complexity index is 576. The molecule has 2 aromatic rings. The standard InChI is InChI=1S/C15H19N3O2/c1-15(20,13-6-4-3-5-7-13)8-14(19)16-9-12-10-17-18(2)11-12/h3-7,10-11,20H,8-9H2,1-2H3,(H,16,19). The zero-order valence-electron chi connectivity index (χ0n) is 11.7. The number of nitrogens with zero attached hydrogens (tertiary/aromatic N) is 2. The molecule has 1 amide bonds. The molecule has 2 rings (SSSR count). The monoisotopic (exact) mass is 273 g/mol. The highest BCUT2D eigenvalue weighted by Gasteiger charge is 2.26. The van der Waals surface area contributed by atoms with Crippen molar-refractivity contribution in [3.63, 3.8) is 0 Å². The van der Waals surface area contributed by atoms with Gasteiger partial charge in [-0.05, 0) is 12.5 Å². The van der Waals surface area contributed by atoms with Gasteiger partial charge in [0.25, 0.3) is 0 Å². The Morgan fingerprint density at radius 1 is 1.40 bits per heavy atom. The van der Waals surface area contributed by atoms with E-state index >= 15 is 0 Å². The van der Waals surface area contributed by atoms with Crippen molar-refractivity contribution in [3.05, 3.63) is 53.9 Å². The van der Waals surface area contributed by atoms with Crippen LogP contribution in [0.1, 0.15) is 24.5 Å². The number of carbonyl (C=O) groups is 1. The first-order chi connectivity index (χ1) is 9.47. The largest absolute Gasteiger partial charge is 0.385 e. The predicted molar refractivity (Wildman–Crippen MR) is 75.7 cm³/mol. The fourth-order valence-electron chi connectivity index (χ4n) is 2.04. The molecule has 0 spiro atoms. The van der Waals surface area contributed by atoms with Gasteiger partial charge in [0.1, 0.15) is 0 Å². The highest BCUT2D eigenvalue weighted by atomic mass is 16.3. The van der Waals surface area contributed by atoms with Crippen molar-refractivity contribution >= 4 is 5.91 Å². The first-order valence-corrected chi connectivity index (χ1v) is 6.49. The summed E-state index contributed by atoms with van der Waals surface area (Å²) in [7, 11) is 1.82. The van der Waals surface area contributed by atoms with Crippen molar-refractivity contribution in [1.82, 2.24) is 15.1 Å². The van der Waals surface area contributed by atoms with Crippen LogP contribution in [0.5, 0.6) is 0 Å². The molecule has 1 aromatic carbocycles. The van der Waals surface area contributed by atoms with Crippen molar-refractivity contribution in [3.8, 4) is 0 Å². The molecule has 0 fully saturated rings. The van der Waals surface area contributed by atoms with Gasteiger partial charge in [-0.25, -0.2) is 0 Å². The summed E-state index contributed by atoms with van der Waals surface area (Å²) in [5.41, 5.74) is 0.497. The zero-order chi connectivity index (χ0) is 14.6. The van der Waals surface area contributed by atoms with Crippen LogP contribution in [0, 0.1) is 0 Å². The number of rotatable bonds is 5. The van der Waals surface area contributed by atoms with Crippen molar-refractivity contribution in [1.29, 1.82) is 0 Å². The van der Waals surface area contributed by atoms with Crippen LogP contribution in [-0.2, 0) is 24.0 Å². The average Bonchev–Trinajstić information content (AvgIpc) is 2.83. The van der Waals surface area contributed by atoms with E-state index in [0.717, 1.165) is 11.1 Å². The molecule has 0 saturated carbocycles. The van der Waals surface area contributed by atoms with Crippen LogP contribution in [-0.4, -0.2) is 20.8 Å². The van der Waals surface area contributed by atoms with Crippen LogP contribution in [0.3, 0.4) is 0 Å². The van der Waals surface area contributed by atoms with Crippen molar-refractivity contribution < 1.29 is 9.90 Å². The Morgan fingerprint density at radius 3 is 2.70 bits per heavy atom. The lowest BCUT2D eigenvalue weighted by molar-refractivity contribution is -0.126. The Hall–Kier alpha value is -2.14. The van der Waals surface area contributed by atoms with Gasteiger partial charge in [-0.1, -0.05) is 30.3 Å². The van der Waals surface area contributed by atoms with Gasteiger partial charge in [-0.2, -0.15) is 5.10 Å². The minimum atomic E-state index is -1.17. The molecule has 0 saturated heterocycles. The van der Waals surface area contributed by atoms with Crippen molar-refractivity contribution in [2.45, 2.75) is 25.5 Å². The van der Waals surface area contributed by atoms with Gasteiger partial charge in [-0.3, -0.25) is 9.48 Å². The molecule has 1 aromatic heterocycles. The summed E-state index contributed by atoms with van der Waals surface area (Å²) in [4.78, 5) is 11.9. The Balaban J connectivity index is 1.91. The fourth-order valence-corrected chi connectivity index (χ4v) is 2.04. The van der Waals surface area contributed by atoms with Gasteiger partial charge in [0, 0.05) is 25.4 Å². The first-order valence-electron chi connectivity index (χ1n) is 6.49. The van der Waals surface area contributed by atoms with E-state index in [9.17, 15) is 9.90 Å². The van der Waals surface area contributed by atoms with Crippen LogP contribution in [0.25, 0.3) is 0 Å². The van der Waals surface area contributed by atoms with E-state index in [2.05, 4.69) is 10.4 Å². The quantitative estimate of drug-likeness (QED) is 0.863. The van der Waals surface area contributed by atoms with Crippen LogP contribution >= 0.6 is 0 Å². The topological polar surface area (TPSA) is 67.2 Å². The average molecular weight is 273 g/mol. The maximum absolute atomic E-state index is 11.9. The third kappa shape index (κ3) is 3.68. The molecule has 0 aliphatic carbocycles. The fraction of sp³-hybridized carbons (Fsp3) is 0.333. The van der Waals surface area contributed by atoms with E-state index < -0.39 is 5.60 Å². The lowest BCUT2D eigenvalue weighted by Gasteiger charge is -2.23. The van der Waals surface area contributed by atoms with E-state index in [1.807, 2.05) is 43.6 Å². The zero-order valence-corrected chi connectivity index (χ0v) is 11.7. The number of carbonyl (C=O) groups excluding carboxylic acids is 1. The molecule has 5 nitrogen and oxygen atoms in total. The maximum Gasteiger partial charge on any atom is 0.223 e. The number of aryl methyl sites for hydroxylation is 1. The summed E-state index contributed by atoms with van der Waals surface area (Å²) in [6, 6.07) is 9.19. The normalized spacial score (nSPS) is 13.8. The highest BCUT2D eigenvalue weighted by Crippen LogP contribution is 2.23. The van der Waals surface area contributed by atoms with Crippen LogP contribution in [0.15, 0.2) is 42.7 Å². The van der Waals surface area contributed by atoms with E-state index in [1.54, 1.807) is 17.8 Å². The summed E-state index contributed by atoms with van der Waals surface area (Å²) < 4.78 is 1.68.